The molecule has 0 saturated heterocycles. The highest BCUT2D eigenvalue weighted by molar-refractivity contribution is 14.1. The van der Waals surface area contributed by atoms with Crippen LogP contribution in [0.2, 0.25) is 0 Å². The van der Waals surface area contributed by atoms with Crippen LogP contribution in [0.15, 0.2) is 80.3 Å². The van der Waals surface area contributed by atoms with E-state index in [0.717, 1.165) is 29.2 Å². The molecule has 1 aliphatic heterocycles. The molecule has 5 nitrogen and oxygen atoms in total. The van der Waals surface area contributed by atoms with Gasteiger partial charge in [-0.1, -0.05) is 40.2 Å². The molecule has 0 N–H and O–H groups in total. The minimum absolute atomic E-state index is 0.225. The summed E-state index contributed by atoms with van der Waals surface area (Å²) < 4.78 is 20.0. The number of ether oxygens (including phenoxy) is 3. The van der Waals surface area contributed by atoms with Crippen molar-refractivity contribution in [2.75, 3.05) is 6.61 Å². The molecule has 0 aromatic heterocycles. The molecule has 3 aromatic rings. The van der Waals surface area contributed by atoms with E-state index < -0.39 is 5.97 Å². The summed E-state index contributed by atoms with van der Waals surface area (Å²) >= 11 is 9.12. The highest BCUT2D eigenvalue weighted by Crippen LogP contribution is 2.36. The maximum Gasteiger partial charge on any atom is 0.363 e. The van der Waals surface area contributed by atoms with Crippen LogP contribution in [0.4, 0.5) is 0 Å². The topological polar surface area (TPSA) is 57.1 Å². The second kappa shape index (κ2) is 10.8. The molecule has 0 atom stereocenters. The number of nitrogens with zero attached hydrogens (tertiary/aromatic N) is 1. The lowest BCUT2D eigenvalue weighted by Crippen LogP contribution is -2.06. The van der Waals surface area contributed by atoms with Crippen molar-refractivity contribution in [1.29, 1.82) is 0 Å². The highest BCUT2D eigenvalue weighted by Gasteiger charge is 2.25. The number of esters is 1. The zero-order valence-corrected chi connectivity index (χ0v) is 22.8. The smallest absolute Gasteiger partial charge is 0.363 e. The Kier molecular flexibility index (Phi) is 7.87. The molecule has 33 heavy (non-hydrogen) atoms. The number of carbonyl (C=O) groups excluding carboxylic acids is 1. The van der Waals surface area contributed by atoms with Gasteiger partial charge in [-0.3, -0.25) is 0 Å². The average molecular weight is 683 g/mol. The summed E-state index contributed by atoms with van der Waals surface area (Å²) in [7, 11) is 0. The minimum Gasteiger partial charge on any atom is -0.490 e. The molecule has 1 aliphatic rings. The summed E-state index contributed by atoms with van der Waals surface area (Å²) in [5.41, 5.74) is 2.76. The van der Waals surface area contributed by atoms with Crippen LogP contribution >= 0.6 is 54.5 Å². The summed E-state index contributed by atoms with van der Waals surface area (Å²) in [4.78, 5) is 16.8. The van der Waals surface area contributed by atoms with Crippen LogP contribution in [0.25, 0.3) is 6.08 Å². The molecule has 0 fully saturated rings. The van der Waals surface area contributed by atoms with Gasteiger partial charge in [-0.05, 0) is 99.0 Å². The third-order valence-corrected chi connectivity index (χ3v) is 6.68. The normalized spacial score (nSPS) is 14.2. The molecular formula is C25H18Br2INO4. The Morgan fingerprint density at radius 3 is 2.55 bits per heavy atom. The fourth-order valence-corrected chi connectivity index (χ4v) is 4.63. The molecule has 0 bridgehead atoms. The Hall–Kier alpha value is -2.17. The third-order valence-electron chi connectivity index (χ3n) is 4.66. The molecule has 0 radical (unpaired) electrons. The quantitative estimate of drug-likeness (QED) is 0.151. The van der Waals surface area contributed by atoms with Gasteiger partial charge in [0, 0.05) is 8.95 Å². The number of benzene rings is 3. The Labute approximate surface area is 222 Å². The highest BCUT2D eigenvalue weighted by atomic mass is 127. The van der Waals surface area contributed by atoms with E-state index in [9.17, 15) is 4.79 Å². The van der Waals surface area contributed by atoms with Crippen molar-refractivity contribution in [3.63, 3.8) is 0 Å². The lowest BCUT2D eigenvalue weighted by molar-refractivity contribution is -0.129. The van der Waals surface area contributed by atoms with Crippen LogP contribution in [0, 0.1) is 3.57 Å². The van der Waals surface area contributed by atoms with Gasteiger partial charge in [0.2, 0.25) is 5.90 Å². The predicted molar refractivity (Wildman–Crippen MR) is 144 cm³/mol. The van der Waals surface area contributed by atoms with Gasteiger partial charge in [0.25, 0.3) is 0 Å². The number of halogens is 3. The zero-order chi connectivity index (χ0) is 23.4. The lowest BCUT2D eigenvalue weighted by Gasteiger charge is -2.15. The molecule has 4 rings (SSSR count). The molecule has 0 aliphatic carbocycles. The molecule has 0 amide bonds. The second-order valence-electron chi connectivity index (χ2n) is 6.99. The summed E-state index contributed by atoms with van der Waals surface area (Å²) in [6.07, 6.45) is 1.69. The van der Waals surface area contributed by atoms with Crippen molar-refractivity contribution in [2.45, 2.75) is 13.5 Å². The first-order valence-corrected chi connectivity index (χ1v) is 12.7. The van der Waals surface area contributed by atoms with Crippen molar-refractivity contribution in [2.24, 2.45) is 4.99 Å². The molecule has 3 aromatic carbocycles. The predicted octanol–water partition coefficient (Wildman–Crippen LogP) is 7.14. The molecule has 8 heteroatoms. The average Bonchev–Trinajstić information content (AvgIpc) is 3.15. The SMILES string of the molecule is CCOc1cc(/C=C2\N=C(c3ccccc3Br)OC2=O)cc(I)c1OCc1ccc(Br)cc1. The minimum atomic E-state index is -0.496. The maximum atomic E-state index is 12.4. The van der Waals surface area contributed by atoms with Crippen molar-refractivity contribution in [3.8, 4) is 11.5 Å². The first kappa shape index (κ1) is 24.0. The van der Waals surface area contributed by atoms with Gasteiger partial charge in [0.1, 0.15) is 6.61 Å². The third kappa shape index (κ3) is 5.85. The number of carbonyl (C=O) groups is 1. The van der Waals surface area contributed by atoms with Gasteiger partial charge in [-0.2, -0.15) is 0 Å². The molecule has 0 saturated carbocycles. The molecule has 1 heterocycles. The fraction of sp³-hybridized carbons (Fsp3) is 0.120. The standard InChI is InChI=1S/C25H18Br2INO4/c1-2-31-22-13-16(11-20(28)23(22)32-14-15-7-9-17(26)10-8-15)12-21-25(30)33-24(29-21)18-5-3-4-6-19(18)27/h3-13H,2,14H2,1H3/b21-12-. The van der Waals surface area contributed by atoms with Crippen LogP contribution in [0.3, 0.4) is 0 Å². The molecule has 0 spiro atoms. The number of hydrogen-bond acceptors (Lipinski definition) is 5. The van der Waals surface area contributed by atoms with Gasteiger partial charge in [0.15, 0.2) is 17.2 Å². The van der Waals surface area contributed by atoms with Crippen LogP contribution < -0.4 is 9.47 Å². The number of rotatable bonds is 7. The van der Waals surface area contributed by atoms with Gasteiger partial charge in [-0.15, -0.1) is 0 Å². The van der Waals surface area contributed by atoms with Gasteiger partial charge in [0.05, 0.1) is 15.7 Å². The van der Waals surface area contributed by atoms with Gasteiger partial charge < -0.3 is 14.2 Å². The van der Waals surface area contributed by atoms with E-state index in [1.165, 1.54) is 0 Å². The maximum absolute atomic E-state index is 12.4. The molecular weight excluding hydrogens is 665 g/mol. The Bertz CT molecular complexity index is 1260. The molecule has 168 valence electrons. The van der Waals surface area contributed by atoms with E-state index in [1.807, 2.05) is 67.6 Å². The Morgan fingerprint density at radius 1 is 1.06 bits per heavy atom. The number of hydrogen-bond donors (Lipinski definition) is 0. The van der Waals surface area contributed by atoms with Gasteiger partial charge >= 0.3 is 5.97 Å². The van der Waals surface area contributed by atoms with Gasteiger partial charge in [-0.25, -0.2) is 9.79 Å². The fourth-order valence-electron chi connectivity index (χ4n) is 3.13. The summed E-state index contributed by atoms with van der Waals surface area (Å²) in [6.45, 7) is 2.81. The van der Waals surface area contributed by atoms with Crippen LogP contribution in [0.5, 0.6) is 11.5 Å². The second-order valence-corrected chi connectivity index (χ2v) is 9.93. The van der Waals surface area contributed by atoms with E-state index in [-0.39, 0.29) is 11.6 Å². The van der Waals surface area contributed by atoms with Crippen LogP contribution in [-0.4, -0.2) is 18.5 Å². The van der Waals surface area contributed by atoms with E-state index in [1.54, 1.807) is 6.08 Å². The Morgan fingerprint density at radius 2 is 1.82 bits per heavy atom. The monoisotopic (exact) mass is 681 g/mol. The van der Waals surface area contributed by atoms with E-state index in [2.05, 4.69) is 59.4 Å². The van der Waals surface area contributed by atoms with Crippen LogP contribution in [-0.2, 0) is 16.1 Å². The first-order valence-electron chi connectivity index (χ1n) is 10.1. The zero-order valence-electron chi connectivity index (χ0n) is 17.5. The van der Waals surface area contributed by atoms with Crippen molar-refractivity contribution in [1.82, 2.24) is 0 Å². The van der Waals surface area contributed by atoms with Crippen molar-refractivity contribution in [3.05, 3.63) is 95.6 Å². The van der Waals surface area contributed by atoms with E-state index in [4.69, 9.17) is 14.2 Å². The number of aliphatic imine (C=N–C) groups is 1. The number of cyclic esters (lactones) is 1. The summed E-state index contributed by atoms with van der Waals surface area (Å²) in [5.74, 6) is 1.04. The largest absolute Gasteiger partial charge is 0.490 e. The lowest BCUT2D eigenvalue weighted by atomic mass is 10.1. The first-order chi connectivity index (χ1) is 15.9. The van der Waals surface area contributed by atoms with E-state index in [0.29, 0.717) is 24.7 Å². The Balaban J connectivity index is 1.61. The van der Waals surface area contributed by atoms with Crippen molar-refractivity contribution < 1.29 is 19.0 Å². The summed E-state index contributed by atoms with van der Waals surface area (Å²) in [6, 6.07) is 19.2. The van der Waals surface area contributed by atoms with E-state index >= 15 is 0 Å². The molecule has 0 unspecified atom stereocenters. The van der Waals surface area contributed by atoms with Crippen molar-refractivity contribution >= 4 is 72.4 Å². The van der Waals surface area contributed by atoms with Crippen LogP contribution in [0.1, 0.15) is 23.6 Å². The summed E-state index contributed by atoms with van der Waals surface area (Å²) in [5, 5.41) is 0.